The molecule has 3 aliphatic heterocycles. The number of methoxy groups -OCH3 is 1. The molecule has 4 aliphatic rings. The molecule has 2 fully saturated rings. The largest absolute Gasteiger partial charge is 0.487 e. The van der Waals surface area contributed by atoms with E-state index in [1.165, 1.54) is 12.7 Å². The number of fused-ring (bicyclic) bond motifs is 3. The molecule has 50 heavy (non-hydrogen) atoms. The predicted molar refractivity (Wildman–Crippen MR) is 195 cm³/mol. The average Bonchev–Trinajstić information content (AvgIpc) is 3.11. The van der Waals surface area contributed by atoms with Crippen LogP contribution in [0.1, 0.15) is 73.4 Å². The number of hydrogen-bond donors (Lipinski definition) is 1. The Balaban J connectivity index is 1.36. The molecular weight excluding hydrogens is 678 g/mol. The van der Waals surface area contributed by atoms with Crippen LogP contribution < -0.4 is 14.4 Å². The molecule has 6 rings (SSSR count). The number of carbonyl (C=O) groups excluding carboxylic acids is 1. The SMILES string of the molecule is COC[C@H]1[C@@H](C)CCC[C@@H](C2OCC(N(C)C)CO2)[C@@H]2CC[C@H]2CN2CCCCc3cc(Cl)ccc3COc3ccc(cc32)C(=O)NS1(=O)=O. The molecule has 2 bridgehead atoms. The number of nitrogens with zero attached hydrogens (tertiary/aromatic N) is 2. The fourth-order valence-electron chi connectivity index (χ4n) is 8.20. The maximum atomic E-state index is 13.8. The van der Waals surface area contributed by atoms with Crippen LogP contribution in [0.25, 0.3) is 0 Å². The molecule has 1 N–H and O–H groups in total. The lowest BCUT2D eigenvalue weighted by Gasteiger charge is -2.48. The first-order chi connectivity index (χ1) is 24.0. The van der Waals surface area contributed by atoms with Gasteiger partial charge in [-0.25, -0.2) is 13.1 Å². The monoisotopic (exact) mass is 731 g/mol. The van der Waals surface area contributed by atoms with Crippen molar-refractivity contribution in [3.63, 3.8) is 0 Å². The van der Waals surface area contributed by atoms with Gasteiger partial charge in [-0.05, 0) is 118 Å². The number of sulfonamides is 1. The molecular formula is C38H54ClN3O7S. The molecule has 2 aromatic carbocycles. The number of rotatable bonds is 4. The zero-order valence-corrected chi connectivity index (χ0v) is 31.5. The summed E-state index contributed by atoms with van der Waals surface area (Å²) in [6, 6.07) is 11.4. The Morgan fingerprint density at radius 1 is 0.980 bits per heavy atom. The summed E-state index contributed by atoms with van der Waals surface area (Å²) in [7, 11) is 1.55. The fourth-order valence-corrected chi connectivity index (χ4v) is 9.99. The minimum absolute atomic E-state index is 0.00281. The van der Waals surface area contributed by atoms with Crippen LogP contribution >= 0.6 is 11.6 Å². The third-order valence-corrected chi connectivity index (χ3v) is 13.6. The average molecular weight is 732 g/mol. The van der Waals surface area contributed by atoms with Crippen molar-refractivity contribution in [3.05, 3.63) is 58.1 Å². The van der Waals surface area contributed by atoms with Crippen molar-refractivity contribution >= 4 is 33.2 Å². The second kappa shape index (κ2) is 16.5. The van der Waals surface area contributed by atoms with E-state index in [9.17, 15) is 13.2 Å². The van der Waals surface area contributed by atoms with Crippen LogP contribution in [0.5, 0.6) is 5.75 Å². The number of amides is 1. The van der Waals surface area contributed by atoms with Crippen molar-refractivity contribution in [1.29, 1.82) is 0 Å². The molecule has 0 radical (unpaired) electrons. The molecule has 0 spiro atoms. The van der Waals surface area contributed by atoms with Crippen LogP contribution in [0.4, 0.5) is 5.69 Å². The van der Waals surface area contributed by atoms with E-state index in [1.807, 2.05) is 31.2 Å². The van der Waals surface area contributed by atoms with E-state index in [0.29, 0.717) is 48.8 Å². The van der Waals surface area contributed by atoms with Crippen LogP contribution in [0.15, 0.2) is 36.4 Å². The smallest absolute Gasteiger partial charge is 0.264 e. The summed E-state index contributed by atoms with van der Waals surface area (Å²) in [5.41, 5.74) is 3.36. The third-order valence-electron chi connectivity index (χ3n) is 11.5. The number of aryl methyl sites for hydroxylation is 1. The lowest BCUT2D eigenvalue weighted by atomic mass is 9.65. The Hall–Kier alpha value is -2.41. The zero-order valence-electron chi connectivity index (χ0n) is 29.9. The number of nitrogens with one attached hydrogen (secondary N) is 1. The number of ether oxygens (including phenoxy) is 4. The van der Waals surface area contributed by atoms with Crippen molar-refractivity contribution < 1.29 is 32.2 Å². The number of anilines is 1. The van der Waals surface area contributed by atoms with Gasteiger partial charge in [-0.2, -0.15) is 0 Å². The fraction of sp³-hybridized carbons (Fsp3) is 0.658. The highest BCUT2D eigenvalue weighted by Crippen LogP contribution is 2.46. The molecule has 1 saturated carbocycles. The summed E-state index contributed by atoms with van der Waals surface area (Å²) < 4.78 is 54.7. The van der Waals surface area contributed by atoms with Gasteiger partial charge in [0.05, 0.1) is 31.5 Å². The second-order valence-electron chi connectivity index (χ2n) is 15.0. The van der Waals surface area contributed by atoms with Crippen molar-refractivity contribution in [3.8, 4) is 5.75 Å². The van der Waals surface area contributed by atoms with E-state index >= 15 is 0 Å². The van der Waals surface area contributed by atoms with Gasteiger partial charge in [0, 0.05) is 36.7 Å². The maximum Gasteiger partial charge on any atom is 0.264 e. The third kappa shape index (κ3) is 8.61. The van der Waals surface area contributed by atoms with Crippen LogP contribution in [0.2, 0.25) is 5.02 Å². The van der Waals surface area contributed by atoms with Crippen LogP contribution in [-0.2, 0) is 37.3 Å². The van der Waals surface area contributed by atoms with E-state index in [0.717, 1.165) is 69.3 Å². The summed E-state index contributed by atoms with van der Waals surface area (Å²) in [5.74, 6) is 0.799. The van der Waals surface area contributed by atoms with Gasteiger partial charge in [-0.15, -0.1) is 0 Å². The Morgan fingerprint density at radius 3 is 2.50 bits per heavy atom. The van der Waals surface area contributed by atoms with Crippen LogP contribution in [0.3, 0.4) is 0 Å². The Kier molecular flexibility index (Phi) is 12.3. The molecule has 0 aromatic heterocycles. The van der Waals surface area contributed by atoms with Gasteiger partial charge in [0.25, 0.3) is 5.91 Å². The van der Waals surface area contributed by atoms with Gasteiger partial charge in [0.1, 0.15) is 17.6 Å². The van der Waals surface area contributed by atoms with Gasteiger partial charge in [0.2, 0.25) is 10.0 Å². The highest BCUT2D eigenvalue weighted by atomic mass is 35.5. The van der Waals surface area contributed by atoms with Gasteiger partial charge in [-0.1, -0.05) is 31.0 Å². The van der Waals surface area contributed by atoms with E-state index in [1.54, 1.807) is 12.1 Å². The standard InChI is InChI=1S/C38H54ClN3O7S/c1-25-8-7-10-33(38-48-22-31(23-49-38)41(2)3)32-15-12-28(32)20-42-17-6-5-9-26-18-30(39)14-11-29(26)21-47-35-16-13-27(19-34(35)42)37(43)40-50(44,45)36(25)24-46-4/h11,13-14,16,18-19,25,28,31-33,36,38H,5-10,12,15,17,20-24H2,1-4H3,(H,40,43)/t25-,28-,31?,32+,33+,36-,38?/m0/s1. The Morgan fingerprint density at radius 2 is 1.78 bits per heavy atom. The predicted octanol–water partition coefficient (Wildman–Crippen LogP) is 5.90. The quantitative estimate of drug-likeness (QED) is 0.412. The molecule has 2 aromatic rings. The number of hydrogen-bond acceptors (Lipinski definition) is 9. The maximum absolute atomic E-state index is 13.8. The van der Waals surface area contributed by atoms with Crippen molar-refractivity contribution in [2.24, 2.45) is 23.7 Å². The number of carbonyl (C=O) groups is 1. The summed E-state index contributed by atoms with van der Waals surface area (Å²) in [6.07, 6.45) is 7.11. The highest BCUT2D eigenvalue weighted by molar-refractivity contribution is 7.90. The van der Waals surface area contributed by atoms with Gasteiger partial charge < -0.3 is 28.7 Å². The summed E-state index contributed by atoms with van der Waals surface area (Å²) >= 11 is 6.38. The molecule has 1 aliphatic carbocycles. The summed E-state index contributed by atoms with van der Waals surface area (Å²) in [5, 5.41) is -0.165. The van der Waals surface area contributed by atoms with Gasteiger partial charge in [0.15, 0.2) is 6.29 Å². The minimum Gasteiger partial charge on any atom is -0.487 e. The zero-order chi connectivity index (χ0) is 35.4. The first-order valence-corrected chi connectivity index (χ1v) is 20.2. The van der Waals surface area contributed by atoms with Gasteiger partial charge >= 0.3 is 0 Å². The van der Waals surface area contributed by atoms with E-state index < -0.39 is 21.2 Å². The van der Waals surface area contributed by atoms with Gasteiger partial charge in [-0.3, -0.25) is 4.79 Å². The molecule has 10 nitrogen and oxygen atoms in total. The van der Waals surface area contributed by atoms with Crippen LogP contribution in [0, 0.1) is 23.7 Å². The minimum atomic E-state index is -4.05. The van der Waals surface area contributed by atoms with Crippen LogP contribution in [-0.4, -0.2) is 90.9 Å². The highest BCUT2D eigenvalue weighted by Gasteiger charge is 2.44. The Labute approximate surface area is 303 Å². The molecule has 1 saturated heterocycles. The first kappa shape index (κ1) is 37.4. The summed E-state index contributed by atoms with van der Waals surface area (Å²) in [6.45, 7) is 5.14. The van der Waals surface area contributed by atoms with E-state index in [-0.39, 0.29) is 36.3 Å². The van der Waals surface area contributed by atoms with E-state index in [4.69, 9.17) is 30.5 Å². The molecule has 1 amide bonds. The lowest BCUT2D eigenvalue weighted by molar-refractivity contribution is -0.240. The molecule has 276 valence electrons. The lowest BCUT2D eigenvalue weighted by Crippen LogP contribution is -2.50. The second-order valence-corrected chi connectivity index (χ2v) is 17.3. The molecule has 12 heteroatoms. The topological polar surface area (TPSA) is 107 Å². The normalized spacial score (nSPS) is 30.9. The van der Waals surface area contributed by atoms with Crippen molar-refractivity contribution in [2.45, 2.75) is 82.5 Å². The molecule has 3 heterocycles. The number of benzene rings is 2. The first-order valence-electron chi connectivity index (χ1n) is 18.3. The Bertz CT molecular complexity index is 1580. The number of halogens is 1. The number of likely N-dealkylation sites (N-methyl/N-ethyl adjacent to an activating group) is 1. The van der Waals surface area contributed by atoms with Crippen molar-refractivity contribution in [1.82, 2.24) is 9.62 Å². The van der Waals surface area contributed by atoms with E-state index in [2.05, 4.69) is 28.6 Å². The van der Waals surface area contributed by atoms with Crippen molar-refractivity contribution in [2.75, 3.05) is 59.0 Å². The molecule has 0 unspecified atom stereocenters. The molecule has 5 atom stereocenters. The summed E-state index contributed by atoms with van der Waals surface area (Å²) in [4.78, 5) is 18.2.